The van der Waals surface area contributed by atoms with Crippen molar-refractivity contribution in [1.29, 1.82) is 0 Å². The highest BCUT2D eigenvalue weighted by atomic mass is 35.5. The lowest BCUT2D eigenvalue weighted by molar-refractivity contribution is 0.0955. The number of sulfonamides is 1. The highest BCUT2D eigenvalue weighted by molar-refractivity contribution is 7.92. The Balaban J connectivity index is 1.54. The van der Waals surface area contributed by atoms with Crippen LogP contribution in [0.25, 0.3) is 0 Å². The van der Waals surface area contributed by atoms with Crippen molar-refractivity contribution >= 4 is 39.4 Å². The Kier molecular flexibility index (Phi) is 8.53. The summed E-state index contributed by atoms with van der Waals surface area (Å²) >= 11 is 6.32. The molecule has 0 radical (unpaired) electrons. The third-order valence-electron chi connectivity index (χ3n) is 5.96. The van der Waals surface area contributed by atoms with Gasteiger partial charge in [0.15, 0.2) is 11.5 Å². The van der Waals surface area contributed by atoms with E-state index in [1.165, 1.54) is 23.7 Å². The average molecular weight is 564 g/mol. The summed E-state index contributed by atoms with van der Waals surface area (Å²) in [5, 5.41) is 14.1. The minimum Gasteiger partial charge on any atom is -0.504 e. The zero-order valence-electron chi connectivity index (χ0n) is 21.2. The van der Waals surface area contributed by atoms with Gasteiger partial charge in [-0.15, -0.1) is 0 Å². The summed E-state index contributed by atoms with van der Waals surface area (Å²) in [5.41, 5.74) is 5.19. The van der Waals surface area contributed by atoms with E-state index in [-0.39, 0.29) is 22.9 Å². The molecule has 0 aliphatic rings. The van der Waals surface area contributed by atoms with Gasteiger partial charge in [0.2, 0.25) is 0 Å². The first kappa shape index (κ1) is 27.7. The van der Waals surface area contributed by atoms with Gasteiger partial charge >= 0.3 is 0 Å². The van der Waals surface area contributed by atoms with Crippen molar-refractivity contribution in [3.05, 3.63) is 118 Å². The molecule has 2 N–H and O–H groups in total. The molecule has 0 heterocycles. The molecule has 0 spiro atoms. The van der Waals surface area contributed by atoms with Gasteiger partial charge < -0.3 is 9.84 Å². The van der Waals surface area contributed by atoms with Gasteiger partial charge in [-0.1, -0.05) is 48.0 Å². The first-order valence-corrected chi connectivity index (χ1v) is 13.6. The fraction of sp³-hybridized carbons (Fsp3) is 0.103. The van der Waals surface area contributed by atoms with Crippen molar-refractivity contribution in [2.24, 2.45) is 5.10 Å². The van der Waals surface area contributed by atoms with Gasteiger partial charge in [-0.3, -0.25) is 9.10 Å². The summed E-state index contributed by atoms with van der Waals surface area (Å²) in [4.78, 5) is 12.7. The number of carbonyl (C=O) groups excluding carboxylic acids is 1. The normalized spacial score (nSPS) is 11.4. The van der Waals surface area contributed by atoms with Crippen LogP contribution in [0.1, 0.15) is 27.0 Å². The number of rotatable bonds is 9. The van der Waals surface area contributed by atoms with Crippen LogP contribution in [0.15, 0.2) is 101 Å². The lowest BCUT2D eigenvalue weighted by atomic mass is 10.1. The van der Waals surface area contributed by atoms with E-state index >= 15 is 0 Å². The highest BCUT2D eigenvalue weighted by Gasteiger charge is 2.27. The van der Waals surface area contributed by atoms with Crippen LogP contribution in [0.2, 0.25) is 5.02 Å². The third-order valence-corrected chi connectivity index (χ3v) is 8.15. The van der Waals surface area contributed by atoms with E-state index < -0.39 is 15.9 Å². The maximum absolute atomic E-state index is 13.7. The molecule has 8 nitrogen and oxygen atoms in total. The maximum atomic E-state index is 13.7. The zero-order valence-corrected chi connectivity index (χ0v) is 22.8. The van der Waals surface area contributed by atoms with E-state index in [1.54, 1.807) is 91.9 Å². The number of benzene rings is 4. The second-order valence-corrected chi connectivity index (χ2v) is 10.8. The molecular weight excluding hydrogens is 538 g/mol. The fourth-order valence-electron chi connectivity index (χ4n) is 3.82. The molecule has 4 aromatic carbocycles. The number of amides is 1. The molecule has 0 unspecified atom stereocenters. The molecule has 39 heavy (non-hydrogen) atoms. The molecule has 0 aromatic heterocycles. The summed E-state index contributed by atoms with van der Waals surface area (Å²) in [7, 11) is -2.47. The van der Waals surface area contributed by atoms with Crippen molar-refractivity contribution < 1.29 is 23.1 Å². The number of aromatic hydroxyl groups is 1. The number of carbonyl (C=O) groups is 1. The number of ether oxygens (including phenoxy) is 1. The van der Waals surface area contributed by atoms with Crippen molar-refractivity contribution in [1.82, 2.24) is 5.43 Å². The minimum atomic E-state index is -3.91. The molecule has 0 saturated heterocycles. The Morgan fingerprint density at radius 2 is 1.74 bits per heavy atom. The summed E-state index contributed by atoms with van der Waals surface area (Å²) < 4.78 is 33.7. The number of methoxy groups -OCH3 is 1. The van der Waals surface area contributed by atoms with Gasteiger partial charge in [-0.2, -0.15) is 5.10 Å². The van der Waals surface area contributed by atoms with Crippen LogP contribution < -0.4 is 14.5 Å². The number of phenols is 1. The summed E-state index contributed by atoms with van der Waals surface area (Å²) in [5.74, 6) is -0.153. The SMILES string of the molecule is COc1cc(/C=N\NC(=O)c2ccc(CN(c3cccc(Cl)c3C)S(=O)(=O)c3ccccc3)cc2)ccc1O. The van der Waals surface area contributed by atoms with E-state index in [9.17, 15) is 18.3 Å². The van der Waals surface area contributed by atoms with Gasteiger partial charge in [0.05, 0.1) is 30.5 Å². The lowest BCUT2D eigenvalue weighted by Crippen LogP contribution is -2.31. The molecular formula is C29H26ClN3O5S. The number of nitrogens with zero attached hydrogens (tertiary/aromatic N) is 2. The Labute approximate surface area is 232 Å². The molecule has 0 bridgehead atoms. The molecule has 4 aromatic rings. The van der Waals surface area contributed by atoms with Crippen molar-refractivity contribution in [3.63, 3.8) is 0 Å². The van der Waals surface area contributed by atoms with Gasteiger partial charge in [0.25, 0.3) is 15.9 Å². The van der Waals surface area contributed by atoms with Crippen LogP contribution in [0.5, 0.6) is 11.5 Å². The predicted octanol–water partition coefficient (Wildman–Crippen LogP) is 5.52. The van der Waals surface area contributed by atoms with E-state index in [0.717, 1.165) is 0 Å². The molecule has 0 aliphatic heterocycles. The Morgan fingerprint density at radius 1 is 1.03 bits per heavy atom. The van der Waals surface area contributed by atoms with Crippen LogP contribution >= 0.6 is 11.6 Å². The molecule has 0 fully saturated rings. The Morgan fingerprint density at radius 3 is 2.44 bits per heavy atom. The minimum absolute atomic E-state index is 0.000526. The smallest absolute Gasteiger partial charge is 0.271 e. The highest BCUT2D eigenvalue weighted by Crippen LogP contribution is 2.32. The molecule has 0 atom stereocenters. The van der Waals surface area contributed by atoms with Crippen LogP contribution in [0.4, 0.5) is 5.69 Å². The van der Waals surface area contributed by atoms with E-state index in [4.69, 9.17) is 16.3 Å². The Bertz CT molecular complexity index is 1610. The molecule has 4 rings (SSSR count). The van der Waals surface area contributed by atoms with Crippen molar-refractivity contribution in [3.8, 4) is 11.5 Å². The van der Waals surface area contributed by atoms with Gasteiger partial charge in [-0.25, -0.2) is 13.8 Å². The maximum Gasteiger partial charge on any atom is 0.271 e. The van der Waals surface area contributed by atoms with Crippen LogP contribution in [-0.4, -0.2) is 32.8 Å². The number of hydrogen-bond acceptors (Lipinski definition) is 6. The topological polar surface area (TPSA) is 108 Å². The van der Waals surface area contributed by atoms with Gasteiger partial charge in [-0.05, 0) is 78.2 Å². The number of hydrogen-bond donors (Lipinski definition) is 2. The predicted molar refractivity (Wildman–Crippen MR) is 152 cm³/mol. The first-order valence-electron chi connectivity index (χ1n) is 11.8. The second-order valence-electron chi connectivity index (χ2n) is 8.54. The number of hydrazone groups is 1. The van der Waals surface area contributed by atoms with Gasteiger partial charge in [0.1, 0.15) is 0 Å². The number of phenolic OH excluding ortho intramolecular Hbond substituents is 1. The van der Waals surface area contributed by atoms with E-state index in [1.807, 2.05) is 0 Å². The monoisotopic (exact) mass is 563 g/mol. The molecule has 0 saturated carbocycles. The van der Waals surface area contributed by atoms with Gasteiger partial charge in [0, 0.05) is 10.6 Å². The zero-order chi connectivity index (χ0) is 28.0. The number of nitrogens with one attached hydrogen (secondary N) is 1. The summed E-state index contributed by atoms with van der Waals surface area (Å²) in [6, 6.07) is 24.6. The van der Waals surface area contributed by atoms with Crippen molar-refractivity contribution in [2.45, 2.75) is 18.4 Å². The van der Waals surface area contributed by atoms with E-state index in [0.29, 0.717) is 33.0 Å². The number of anilines is 1. The van der Waals surface area contributed by atoms with Crippen LogP contribution in [0, 0.1) is 6.92 Å². The average Bonchev–Trinajstić information content (AvgIpc) is 2.95. The fourth-order valence-corrected chi connectivity index (χ4v) is 5.52. The Hall–Kier alpha value is -4.34. The van der Waals surface area contributed by atoms with Crippen LogP contribution in [-0.2, 0) is 16.6 Å². The van der Waals surface area contributed by atoms with Crippen molar-refractivity contribution in [2.75, 3.05) is 11.4 Å². The third kappa shape index (κ3) is 6.39. The summed E-state index contributed by atoms with van der Waals surface area (Å²) in [6.07, 6.45) is 1.42. The van der Waals surface area contributed by atoms with Crippen LogP contribution in [0.3, 0.4) is 0 Å². The first-order chi connectivity index (χ1) is 18.7. The largest absolute Gasteiger partial charge is 0.504 e. The number of halogens is 1. The molecule has 0 aliphatic carbocycles. The summed E-state index contributed by atoms with van der Waals surface area (Å²) in [6.45, 7) is 1.80. The lowest BCUT2D eigenvalue weighted by Gasteiger charge is -2.26. The molecule has 1 amide bonds. The van der Waals surface area contributed by atoms with E-state index in [2.05, 4.69) is 10.5 Å². The molecule has 10 heteroatoms. The quantitative estimate of drug-likeness (QED) is 0.206. The second kappa shape index (κ2) is 12.0. The standard InChI is InChI=1S/C29H26ClN3O5S/c1-20-25(30)9-6-10-26(20)33(39(36,37)24-7-4-3-5-8-24)19-21-11-14-23(15-12-21)29(35)32-31-18-22-13-16-27(34)28(17-22)38-2/h3-18,34H,19H2,1-2H3,(H,32,35)/b31-18-. The molecule has 200 valence electrons.